The maximum absolute atomic E-state index is 12.9. The summed E-state index contributed by atoms with van der Waals surface area (Å²) >= 11 is 7.42. The Morgan fingerprint density at radius 3 is 2.93 bits per heavy atom. The molecule has 1 aromatic carbocycles. The molecule has 1 aliphatic rings. The molecule has 0 spiro atoms. The molecule has 1 aliphatic heterocycles. The van der Waals surface area contributed by atoms with Crippen LogP contribution >= 0.6 is 22.9 Å². The third-order valence-corrected chi connectivity index (χ3v) is 5.28. The minimum atomic E-state index is -4.90. The van der Waals surface area contributed by atoms with Crippen LogP contribution in [-0.4, -0.2) is 42.0 Å². The van der Waals surface area contributed by atoms with Gasteiger partial charge >= 0.3 is 6.36 Å². The minimum Gasteiger partial charge on any atom is -0.422 e. The first kappa shape index (κ1) is 18.3. The van der Waals surface area contributed by atoms with Crippen LogP contribution in [0.2, 0.25) is 5.02 Å². The monoisotopic (exact) mass is 418 g/mol. The number of benzene rings is 1. The molecule has 4 rings (SSSR count). The van der Waals surface area contributed by atoms with E-state index in [1.165, 1.54) is 17.4 Å². The van der Waals surface area contributed by atoms with E-state index in [0.717, 1.165) is 6.54 Å². The number of nitrogens with zero attached hydrogens (tertiary/aromatic N) is 3. The van der Waals surface area contributed by atoms with Gasteiger partial charge in [-0.3, -0.25) is 0 Å². The Hall–Kier alpha value is -2.04. The van der Waals surface area contributed by atoms with E-state index in [-0.39, 0.29) is 28.2 Å². The van der Waals surface area contributed by atoms with Crippen LogP contribution in [0.5, 0.6) is 5.75 Å². The number of aromatic nitrogens is 2. The molecule has 1 atom stereocenters. The molecule has 1 saturated heterocycles. The quantitative estimate of drug-likeness (QED) is 0.684. The Morgan fingerprint density at radius 2 is 2.26 bits per heavy atom. The summed E-state index contributed by atoms with van der Waals surface area (Å²) in [5, 5.41) is 5.35. The average Bonchev–Trinajstić information content (AvgIpc) is 3.26. The minimum absolute atomic E-state index is 0.0672. The van der Waals surface area contributed by atoms with Gasteiger partial charge in [0.25, 0.3) is 6.01 Å². The molecule has 3 heterocycles. The van der Waals surface area contributed by atoms with Gasteiger partial charge in [0.2, 0.25) is 0 Å². The predicted octanol–water partition coefficient (Wildman–Crippen LogP) is 4.30. The topological polar surface area (TPSA) is 63.4 Å². The smallest absolute Gasteiger partial charge is 0.422 e. The summed E-state index contributed by atoms with van der Waals surface area (Å²) in [6.45, 7) is 4.02. The molecule has 1 fully saturated rings. The van der Waals surface area contributed by atoms with Gasteiger partial charge in [-0.1, -0.05) is 11.6 Å². The number of fused-ring (bicyclic) bond motifs is 1. The zero-order valence-corrected chi connectivity index (χ0v) is 15.6. The van der Waals surface area contributed by atoms with Crippen molar-refractivity contribution in [1.82, 2.24) is 15.3 Å². The summed E-state index contributed by atoms with van der Waals surface area (Å²) in [4.78, 5) is 10.4. The Balaban J connectivity index is 1.91. The molecule has 0 radical (unpaired) electrons. The molecule has 27 heavy (non-hydrogen) atoms. The highest BCUT2D eigenvalue weighted by Crippen LogP contribution is 2.44. The van der Waals surface area contributed by atoms with Gasteiger partial charge in [0.1, 0.15) is 5.01 Å². The Labute approximate surface area is 160 Å². The number of thiazole rings is 1. The van der Waals surface area contributed by atoms with Crippen LogP contribution in [0.15, 0.2) is 22.1 Å². The summed E-state index contributed by atoms with van der Waals surface area (Å²) in [7, 11) is 0. The second-order valence-corrected chi connectivity index (χ2v) is 7.34. The number of anilines is 1. The molecule has 0 bridgehead atoms. The van der Waals surface area contributed by atoms with E-state index in [0.29, 0.717) is 23.7 Å². The molecular weight excluding hydrogens is 405 g/mol. The van der Waals surface area contributed by atoms with Crippen molar-refractivity contribution in [3.63, 3.8) is 0 Å². The normalized spacial score (nSPS) is 18.3. The van der Waals surface area contributed by atoms with Crippen LogP contribution in [-0.2, 0) is 0 Å². The Kier molecular flexibility index (Phi) is 4.65. The van der Waals surface area contributed by atoms with Crippen molar-refractivity contribution < 1.29 is 22.3 Å². The lowest BCUT2D eigenvalue weighted by molar-refractivity contribution is -0.274. The largest absolute Gasteiger partial charge is 0.573 e. The number of halogens is 4. The number of alkyl halides is 3. The van der Waals surface area contributed by atoms with Crippen LogP contribution in [0.1, 0.15) is 6.92 Å². The second kappa shape index (κ2) is 6.84. The van der Waals surface area contributed by atoms with Gasteiger partial charge < -0.3 is 19.4 Å². The van der Waals surface area contributed by atoms with Crippen LogP contribution in [0, 0.1) is 0 Å². The number of oxazole rings is 1. The number of rotatable bonds is 3. The van der Waals surface area contributed by atoms with E-state index < -0.39 is 12.1 Å². The van der Waals surface area contributed by atoms with Gasteiger partial charge in [0.15, 0.2) is 16.8 Å². The maximum Gasteiger partial charge on any atom is 0.573 e. The van der Waals surface area contributed by atoms with E-state index in [2.05, 4.69) is 20.0 Å². The summed E-state index contributed by atoms with van der Waals surface area (Å²) in [5.74, 6) is -0.572. The fourth-order valence-corrected chi connectivity index (χ4v) is 3.88. The summed E-state index contributed by atoms with van der Waals surface area (Å²) in [5.41, 5.74) is 0.557. The maximum atomic E-state index is 12.9. The summed E-state index contributed by atoms with van der Waals surface area (Å²) in [6.07, 6.45) is -3.31. The van der Waals surface area contributed by atoms with E-state index in [9.17, 15) is 13.2 Å². The number of ether oxygens (including phenoxy) is 1. The summed E-state index contributed by atoms with van der Waals surface area (Å²) < 4.78 is 48.7. The summed E-state index contributed by atoms with van der Waals surface area (Å²) in [6, 6.07) is 1.66. The van der Waals surface area contributed by atoms with Crippen molar-refractivity contribution in [3.8, 4) is 16.3 Å². The van der Waals surface area contributed by atoms with E-state index in [4.69, 9.17) is 16.0 Å². The van der Waals surface area contributed by atoms with Gasteiger partial charge in [-0.2, -0.15) is 4.98 Å². The van der Waals surface area contributed by atoms with Gasteiger partial charge in [-0.25, -0.2) is 4.98 Å². The molecule has 2 aromatic heterocycles. The fourth-order valence-electron chi connectivity index (χ4n) is 2.99. The average molecular weight is 419 g/mol. The second-order valence-electron chi connectivity index (χ2n) is 6.04. The Bertz CT molecular complexity index is 961. The predicted molar refractivity (Wildman–Crippen MR) is 96.5 cm³/mol. The van der Waals surface area contributed by atoms with Crippen molar-refractivity contribution in [2.24, 2.45) is 0 Å². The van der Waals surface area contributed by atoms with Crippen molar-refractivity contribution in [2.75, 3.05) is 24.5 Å². The third-order valence-electron chi connectivity index (χ3n) is 4.19. The molecule has 0 saturated carbocycles. The van der Waals surface area contributed by atoms with Crippen molar-refractivity contribution in [3.05, 3.63) is 22.7 Å². The zero-order chi connectivity index (χ0) is 19.2. The fraction of sp³-hybridized carbons (Fsp3) is 0.375. The highest BCUT2D eigenvalue weighted by atomic mass is 35.5. The lowest BCUT2D eigenvalue weighted by Gasteiger charge is -2.32. The molecule has 1 N–H and O–H groups in total. The van der Waals surface area contributed by atoms with E-state index >= 15 is 0 Å². The van der Waals surface area contributed by atoms with E-state index in [1.54, 1.807) is 11.6 Å². The number of hydrogen-bond acceptors (Lipinski definition) is 7. The molecule has 0 amide bonds. The molecular formula is C16H14ClF3N4O2S. The first-order valence-corrected chi connectivity index (χ1v) is 9.35. The molecule has 3 aromatic rings. The molecule has 0 aliphatic carbocycles. The third kappa shape index (κ3) is 3.56. The van der Waals surface area contributed by atoms with Crippen molar-refractivity contribution in [1.29, 1.82) is 0 Å². The highest BCUT2D eigenvalue weighted by Gasteiger charge is 2.35. The van der Waals surface area contributed by atoms with Crippen LogP contribution in [0.3, 0.4) is 0 Å². The number of piperazine rings is 1. The van der Waals surface area contributed by atoms with Gasteiger partial charge in [0.05, 0.1) is 10.6 Å². The van der Waals surface area contributed by atoms with E-state index in [1.807, 2.05) is 11.8 Å². The molecule has 11 heteroatoms. The molecule has 1 unspecified atom stereocenters. The van der Waals surface area contributed by atoms with Crippen molar-refractivity contribution >= 4 is 40.1 Å². The highest BCUT2D eigenvalue weighted by molar-refractivity contribution is 7.13. The van der Waals surface area contributed by atoms with Gasteiger partial charge in [-0.05, 0) is 13.0 Å². The van der Waals surface area contributed by atoms with Gasteiger partial charge in [0, 0.05) is 37.3 Å². The molecule has 6 nitrogen and oxygen atoms in total. The SMILES string of the molecule is CC1CNCCN1c1nc2c(OC(F)(F)F)c(Cl)cc(-c3nccs3)c2o1. The Morgan fingerprint density at radius 1 is 1.44 bits per heavy atom. The first-order chi connectivity index (χ1) is 12.8. The number of nitrogens with one attached hydrogen (secondary N) is 1. The van der Waals surface area contributed by atoms with Crippen LogP contribution < -0.4 is 15.0 Å². The lowest BCUT2D eigenvalue weighted by Crippen LogP contribution is -2.50. The van der Waals surface area contributed by atoms with Crippen molar-refractivity contribution in [2.45, 2.75) is 19.3 Å². The first-order valence-electron chi connectivity index (χ1n) is 8.09. The molecule has 144 valence electrons. The van der Waals surface area contributed by atoms with Crippen LogP contribution in [0.25, 0.3) is 21.7 Å². The standard InChI is InChI=1S/C16H14ClF3N4O2S/c1-8-7-21-2-4-24(8)15-23-11-12(25-15)9(14-22-3-5-27-14)6-10(17)13(11)26-16(18,19)20/h3,5-6,8,21H,2,4,7H2,1H3. The van der Waals surface area contributed by atoms with Crippen LogP contribution in [0.4, 0.5) is 19.2 Å². The van der Waals surface area contributed by atoms with Gasteiger partial charge in [-0.15, -0.1) is 24.5 Å². The lowest BCUT2D eigenvalue weighted by atomic mass is 10.2. The number of hydrogen-bond donors (Lipinski definition) is 1. The zero-order valence-electron chi connectivity index (χ0n) is 14.0.